The van der Waals surface area contributed by atoms with Crippen LogP contribution < -0.4 is 14.8 Å². The molecule has 3 heterocycles. The second-order valence-electron chi connectivity index (χ2n) is 8.16. The van der Waals surface area contributed by atoms with Gasteiger partial charge in [0.2, 0.25) is 11.8 Å². The van der Waals surface area contributed by atoms with Crippen molar-refractivity contribution in [3.05, 3.63) is 48.3 Å². The number of pyridine rings is 1. The number of hydrogen-bond acceptors (Lipinski definition) is 5. The highest BCUT2D eigenvalue weighted by molar-refractivity contribution is 5.95. The molecule has 1 N–H and O–H groups in total. The fourth-order valence-electron chi connectivity index (χ4n) is 4.16. The van der Waals surface area contributed by atoms with Crippen LogP contribution >= 0.6 is 0 Å². The molecule has 1 saturated heterocycles. The summed E-state index contributed by atoms with van der Waals surface area (Å²) in [6, 6.07) is 8.85. The molecular weight excluding hydrogens is 382 g/mol. The van der Waals surface area contributed by atoms with E-state index in [0.29, 0.717) is 55.7 Å². The largest absolute Gasteiger partial charge is 0.486 e. The summed E-state index contributed by atoms with van der Waals surface area (Å²) in [6.45, 7) is 5.76. The molecular formula is C23H27N3O4. The van der Waals surface area contributed by atoms with Gasteiger partial charge in [-0.05, 0) is 36.1 Å². The van der Waals surface area contributed by atoms with Gasteiger partial charge in [-0.15, -0.1) is 0 Å². The maximum atomic E-state index is 13.3. The van der Waals surface area contributed by atoms with Crippen molar-refractivity contribution >= 4 is 17.5 Å². The smallest absolute Gasteiger partial charge is 0.229 e. The van der Waals surface area contributed by atoms with Gasteiger partial charge in [-0.3, -0.25) is 14.6 Å². The van der Waals surface area contributed by atoms with E-state index in [4.69, 9.17) is 9.47 Å². The van der Waals surface area contributed by atoms with Crippen LogP contribution in [0.2, 0.25) is 0 Å². The van der Waals surface area contributed by atoms with Crippen molar-refractivity contribution in [3.8, 4) is 11.5 Å². The molecule has 7 heteroatoms. The van der Waals surface area contributed by atoms with E-state index >= 15 is 0 Å². The van der Waals surface area contributed by atoms with Crippen molar-refractivity contribution in [3.63, 3.8) is 0 Å². The monoisotopic (exact) mass is 409 g/mol. The highest BCUT2D eigenvalue weighted by atomic mass is 16.6. The lowest BCUT2D eigenvalue weighted by Crippen LogP contribution is -2.48. The normalized spacial score (nSPS) is 20.9. The zero-order chi connectivity index (χ0) is 21.1. The Morgan fingerprint density at radius 3 is 2.77 bits per heavy atom. The number of likely N-dealkylation sites (tertiary alicyclic amines) is 1. The fourth-order valence-corrected chi connectivity index (χ4v) is 4.16. The predicted octanol–water partition coefficient (Wildman–Crippen LogP) is 3.43. The van der Waals surface area contributed by atoms with Crippen LogP contribution in [0.1, 0.15) is 38.3 Å². The molecule has 1 aromatic carbocycles. The third kappa shape index (κ3) is 4.25. The van der Waals surface area contributed by atoms with Gasteiger partial charge in [-0.25, -0.2) is 0 Å². The number of benzene rings is 1. The first kappa shape index (κ1) is 20.2. The molecule has 2 atom stereocenters. The molecule has 0 saturated carbocycles. The highest BCUT2D eigenvalue weighted by Crippen LogP contribution is 2.38. The molecule has 2 aromatic rings. The Labute approximate surface area is 176 Å². The minimum Gasteiger partial charge on any atom is -0.486 e. The number of carbonyl (C=O) groups excluding carboxylic acids is 2. The summed E-state index contributed by atoms with van der Waals surface area (Å²) in [7, 11) is 0. The lowest BCUT2D eigenvalue weighted by Gasteiger charge is -2.41. The van der Waals surface area contributed by atoms with Crippen LogP contribution in [0.25, 0.3) is 0 Å². The second kappa shape index (κ2) is 8.73. The number of aromatic nitrogens is 1. The molecule has 0 spiro atoms. The Morgan fingerprint density at radius 2 is 2.03 bits per heavy atom. The van der Waals surface area contributed by atoms with Crippen LogP contribution in [0.4, 0.5) is 5.69 Å². The molecule has 4 rings (SSSR count). The number of hydrogen-bond donors (Lipinski definition) is 1. The standard InChI is InChI=1S/C23H27N3O4/c1-15(2)14-26-21(27)8-6-18(22(26)16-4-3-9-24-13-16)23(28)25-17-5-7-19-20(12-17)30-11-10-29-19/h3-5,7,9,12-13,15,18,22H,6,8,10-11,14H2,1-2H3,(H,25,28)/t18-,22+/m1/s1. The van der Waals surface area contributed by atoms with Gasteiger partial charge in [-0.2, -0.15) is 0 Å². The second-order valence-corrected chi connectivity index (χ2v) is 8.16. The minimum absolute atomic E-state index is 0.0842. The first-order chi connectivity index (χ1) is 14.5. The van der Waals surface area contributed by atoms with Gasteiger partial charge in [0, 0.05) is 37.1 Å². The van der Waals surface area contributed by atoms with Crippen molar-refractivity contribution in [2.24, 2.45) is 11.8 Å². The molecule has 0 unspecified atom stereocenters. The summed E-state index contributed by atoms with van der Waals surface area (Å²) >= 11 is 0. The number of anilines is 1. The molecule has 2 aliphatic heterocycles. The molecule has 0 aliphatic carbocycles. The van der Waals surface area contributed by atoms with Crippen molar-refractivity contribution in [1.82, 2.24) is 9.88 Å². The van der Waals surface area contributed by atoms with Crippen LogP contribution in [-0.4, -0.2) is 41.5 Å². The Hall–Kier alpha value is -3.09. The Morgan fingerprint density at radius 1 is 1.23 bits per heavy atom. The first-order valence-electron chi connectivity index (χ1n) is 10.4. The zero-order valence-corrected chi connectivity index (χ0v) is 17.3. The molecule has 1 aromatic heterocycles. The molecule has 7 nitrogen and oxygen atoms in total. The molecule has 0 bridgehead atoms. The fraction of sp³-hybridized carbons (Fsp3) is 0.435. The summed E-state index contributed by atoms with van der Waals surface area (Å²) in [5, 5.41) is 3.02. The summed E-state index contributed by atoms with van der Waals surface area (Å²) in [5.74, 6) is 1.22. The van der Waals surface area contributed by atoms with Gasteiger partial charge in [0.1, 0.15) is 13.2 Å². The SMILES string of the molecule is CC(C)CN1C(=O)CC[C@@H](C(=O)Nc2ccc3c(c2)OCCO3)[C@@H]1c1cccnc1. The third-order valence-electron chi connectivity index (χ3n) is 5.44. The van der Waals surface area contributed by atoms with E-state index in [-0.39, 0.29) is 23.8 Å². The lowest BCUT2D eigenvalue weighted by atomic mass is 9.83. The van der Waals surface area contributed by atoms with Crippen molar-refractivity contribution in [2.45, 2.75) is 32.7 Å². The van der Waals surface area contributed by atoms with E-state index in [1.807, 2.05) is 23.1 Å². The number of piperidine rings is 1. The Balaban J connectivity index is 1.60. The van der Waals surface area contributed by atoms with E-state index in [1.165, 1.54) is 0 Å². The molecule has 2 amide bonds. The number of nitrogens with zero attached hydrogens (tertiary/aromatic N) is 2. The van der Waals surface area contributed by atoms with Crippen molar-refractivity contribution in [1.29, 1.82) is 0 Å². The minimum atomic E-state index is -0.362. The van der Waals surface area contributed by atoms with Gasteiger partial charge in [0.15, 0.2) is 11.5 Å². The third-order valence-corrected chi connectivity index (χ3v) is 5.44. The predicted molar refractivity (Wildman–Crippen MR) is 112 cm³/mol. The highest BCUT2D eigenvalue weighted by Gasteiger charge is 2.41. The molecule has 0 radical (unpaired) electrons. The van der Waals surface area contributed by atoms with E-state index in [0.717, 1.165) is 5.56 Å². The lowest BCUT2D eigenvalue weighted by molar-refractivity contribution is -0.142. The summed E-state index contributed by atoms with van der Waals surface area (Å²) < 4.78 is 11.2. The van der Waals surface area contributed by atoms with Crippen molar-refractivity contribution in [2.75, 3.05) is 25.1 Å². The van der Waals surface area contributed by atoms with Crippen LogP contribution in [0, 0.1) is 11.8 Å². The Bertz CT molecular complexity index is 916. The summed E-state index contributed by atoms with van der Waals surface area (Å²) in [6.07, 6.45) is 4.32. The number of fused-ring (bicyclic) bond motifs is 1. The molecule has 1 fully saturated rings. The van der Waals surface area contributed by atoms with Crippen molar-refractivity contribution < 1.29 is 19.1 Å². The van der Waals surface area contributed by atoms with Gasteiger partial charge in [0.05, 0.1) is 12.0 Å². The summed E-state index contributed by atoms with van der Waals surface area (Å²) in [4.78, 5) is 32.1. The molecule has 30 heavy (non-hydrogen) atoms. The first-order valence-corrected chi connectivity index (χ1v) is 10.4. The van der Waals surface area contributed by atoms with Crippen LogP contribution in [0.3, 0.4) is 0 Å². The van der Waals surface area contributed by atoms with E-state index in [1.54, 1.807) is 24.5 Å². The van der Waals surface area contributed by atoms with E-state index in [2.05, 4.69) is 24.1 Å². The van der Waals surface area contributed by atoms with Crippen LogP contribution in [0.5, 0.6) is 11.5 Å². The topological polar surface area (TPSA) is 80.8 Å². The number of rotatable bonds is 5. The molecule has 158 valence electrons. The molecule has 2 aliphatic rings. The number of amides is 2. The summed E-state index contributed by atoms with van der Waals surface area (Å²) in [5.41, 5.74) is 1.54. The van der Waals surface area contributed by atoms with Gasteiger partial charge in [0.25, 0.3) is 0 Å². The maximum absolute atomic E-state index is 13.3. The van der Waals surface area contributed by atoms with Gasteiger partial charge in [-0.1, -0.05) is 19.9 Å². The van der Waals surface area contributed by atoms with Gasteiger partial charge < -0.3 is 19.7 Å². The Kier molecular flexibility index (Phi) is 5.88. The number of carbonyl (C=O) groups is 2. The van der Waals surface area contributed by atoms with Gasteiger partial charge >= 0.3 is 0 Å². The zero-order valence-electron chi connectivity index (χ0n) is 17.3. The van der Waals surface area contributed by atoms with E-state index < -0.39 is 0 Å². The van der Waals surface area contributed by atoms with Crippen LogP contribution in [0.15, 0.2) is 42.7 Å². The van der Waals surface area contributed by atoms with Crippen LogP contribution in [-0.2, 0) is 9.59 Å². The van der Waals surface area contributed by atoms with E-state index in [9.17, 15) is 9.59 Å². The quantitative estimate of drug-likeness (QED) is 0.818. The number of ether oxygens (including phenoxy) is 2. The average Bonchev–Trinajstić information content (AvgIpc) is 2.75. The average molecular weight is 409 g/mol. The number of nitrogens with one attached hydrogen (secondary N) is 1. The maximum Gasteiger partial charge on any atom is 0.229 e.